The van der Waals surface area contributed by atoms with Gasteiger partial charge >= 0.3 is 0 Å². The highest BCUT2D eigenvalue weighted by molar-refractivity contribution is 5.57. The van der Waals surface area contributed by atoms with E-state index in [1.54, 1.807) is 19.2 Å². The number of hydrogen-bond acceptors (Lipinski definition) is 5. The minimum atomic E-state index is -0.635. The van der Waals surface area contributed by atoms with Crippen molar-refractivity contribution in [1.82, 2.24) is 4.98 Å². The minimum Gasteiger partial charge on any atom is -0.496 e. The normalized spacial score (nSPS) is 16.0. The summed E-state index contributed by atoms with van der Waals surface area (Å²) in [4.78, 5) is 15.6. The van der Waals surface area contributed by atoms with E-state index in [0.717, 1.165) is 18.5 Å². The quantitative estimate of drug-likeness (QED) is 0.893. The first-order valence-corrected chi connectivity index (χ1v) is 8.07. The smallest absolute Gasteiger partial charge is 0.256 e. The summed E-state index contributed by atoms with van der Waals surface area (Å²) in [7, 11) is 1.55. The molecular weight excluding hydrogens is 318 g/mol. The Morgan fingerprint density at radius 3 is 2.84 bits per heavy atom. The maximum Gasteiger partial charge on any atom is 0.256 e. The molecular formula is C19H19N3O3. The third-order valence-electron chi connectivity index (χ3n) is 4.24. The maximum absolute atomic E-state index is 12.8. The van der Waals surface area contributed by atoms with Crippen LogP contribution in [0, 0.1) is 11.3 Å². The molecule has 1 aromatic carbocycles. The lowest BCUT2D eigenvalue weighted by Crippen LogP contribution is -2.28. The predicted molar refractivity (Wildman–Crippen MR) is 93.3 cm³/mol. The van der Waals surface area contributed by atoms with Crippen LogP contribution in [0.4, 0.5) is 0 Å². The molecule has 0 spiro atoms. The summed E-state index contributed by atoms with van der Waals surface area (Å²) in [6.07, 6.45) is 1.61. The van der Waals surface area contributed by atoms with Gasteiger partial charge in [0.25, 0.3) is 5.56 Å². The summed E-state index contributed by atoms with van der Waals surface area (Å²) in [6, 6.07) is 11.1. The number of hydrogen-bond donors (Lipinski definition) is 2. The molecule has 128 valence electrons. The average Bonchev–Trinajstić information content (AvgIpc) is 2.60. The number of H-pyrrole nitrogens is 1. The number of pyridine rings is 1. The number of aryl methyl sites for hydroxylation is 1. The third-order valence-corrected chi connectivity index (χ3v) is 4.24. The van der Waals surface area contributed by atoms with Crippen LogP contribution in [0.15, 0.2) is 46.6 Å². The molecule has 3 N–H and O–H groups in total. The average molecular weight is 337 g/mol. The molecule has 1 aliphatic heterocycles. The largest absolute Gasteiger partial charge is 0.496 e. The van der Waals surface area contributed by atoms with E-state index in [1.807, 2.05) is 25.1 Å². The third kappa shape index (κ3) is 2.85. The van der Waals surface area contributed by atoms with E-state index >= 15 is 0 Å². The zero-order valence-electron chi connectivity index (χ0n) is 14.1. The Morgan fingerprint density at radius 2 is 2.16 bits per heavy atom. The van der Waals surface area contributed by atoms with Crippen molar-refractivity contribution < 1.29 is 9.47 Å². The monoisotopic (exact) mass is 337 g/mol. The van der Waals surface area contributed by atoms with Crippen molar-refractivity contribution in [1.29, 1.82) is 5.26 Å². The van der Waals surface area contributed by atoms with Crippen molar-refractivity contribution in [2.24, 2.45) is 5.73 Å². The van der Waals surface area contributed by atoms with Crippen molar-refractivity contribution in [2.45, 2.75) is 25.7 Å². The second kappa shape index (κ2) is 6.73. The number of nitrogens with zero attached hydrogens (tertiary/aromatic N) is 1. The molecule has 1 atom stereocenters. The lowest BCUT2D eigenvalue weighted by molar-refractivity contribution is 0.384. The van der Waals surface area contributed by atoms with Crippen molar-refractivity contribution in [2.75, 3.05) is 7.11 Å². The molecule has 1 unspecified atom stereocenters. The second-order valence-corrected chi connectivity index (χ2v) is 5.82. The van der Waals surface area contributed by atoms with Crippen molar-refractivity contribution in [3.05, 3.63) is 69.0 Å². The highest BCUT2D eigenvalue weighted by Gasteiger charge is 2.35. The Bertz CT molecular complexity index is 938. The van der Waals surface area contributed by atoms with E-state index < -0.39 is 5.92 Å². The molecule has 1 aromatic heterocycles. The number of aromatic amines is 1. The van der Waals surface area contributed by atoms with Gasteiger partial charge in [0.15, 0.2) is 0 Å². The molecule has 3 rings (SSSR count). The highest BCUT2D eigenvalue weighted by atomic mass is 16.5. The fourth-order valence-corrected chi connectivity index (χ4v) is 3.15. The molecule has 2 heterocycles. The molecule has 0 saturated heterocycles. The van der Waals surface area contributed by atoms with Crippen LogP contribution in [0.25, 0.3) is 0 Å². The number of fused-ring (bicyclic) bond motifs is 1. The molecule has 6 heteroatoms. The van der Waals surface area contributed by atoms with E-state index in [9.17, 15) is 10.1 Å². The Morgan fingerprint density at radius 1 is 1.40 bits per heavy atom. The zero-order valence-corrected chi connectivity index (χ0v) is 14.1. The van der Waals surface area contributed by atoms with Gasteiger partial charge in [-0.2, -0.15) is 5.26 Å². The first-order valence-electron chi connectivity index (χ1n) is 8.07. The first kappa shape index (κ1) is 16.7. The van der Waals surface area contributed by atoms with Gasteiger partial charge in [-0.15, -0.1) is 0 Å². The lowest BCUT2D eigenvalue weighted by Gasteiger charge is -2.27. The molecule has 25 heavy (non-hydrogen) atoms. The lowest BCUT2D eigenvalue weighted by atomic mass is 9.83. The van der Waals surface area contributed by atoms with Gasteiger partial charge in [-0.3, -0.25) is 4.79 Å². The SMILES string of the molecule is CCCc1cc2c(c(=O)[nH]1)C(c1ccccc1OC)C(C#N)=C(N)O2. The van der Waals surface area contributed by atoms with Crippen LogP contribution in [0.1, 0.15) is 36.1 Å². The number of nitrogens with two attached hydrogens (primary N) is 1. The number of methoxy groups -OCH3 is 1. The predicted octanol–water partition coefficient (Wildman–Crippen LogP) is 2.55. The van der Waals surface area contributed by atoms with Gasteiger partial charge in [0, 0.05) is 17.3 Å². The Kier molecular flexibility index (Phi) is 4.48. The molecule has 1 aliphatic rings. The fourth-order valence-electron chi connectivity index (χ4n) is 3.15. The minimum absolute atomic E-state index is 0.0129. The van der Waals surface area contributed by atoms with E-state index in [1.165, 1.54) is 0 Å². The fraction of sp³-hybridized carbons (Fsp3) is 0.263. The van der Waals surface area contributed by atoms with Crippen LogP contribution >= 0.6 is 0 Å². The van der Waals surface area contributed by atoms with Crippen LogP contribution in [0.3, 0.4) is 0 Å². The van der Waals surface area contributed by atoms with Crippen LogP contribution < -0.4 is 20.8 Å². The molecule has 0 bridgehead atoms. The highest BCUT2D eigenvalue weighted by Crippen LogP contribution is 2.43. The summed E-state index contributed by atoms with van der Waals surface area (Å²) in [5.74, 6) is 0.348. The Balaban J connectivity index is 2.28. The van der Waals surface area contributed by atoms with Gasteiger partial charge in [0.05, 0.1) is 18.6 Å². The number of allylic oxidation sites excluding steroid dienone is 1. The van der Waals surface area contributed by atoms with Crippen LogP contribution in [0.5, 0.6) is 11.5 Å². The summed E-state index contributed by atoms with van der Waals surface area (Å²) < 4.78 is 11.0. The maximum atomic E-state index is 12.8. The number of benzene rings is 1. The van der Waals surface area contributed by atoms with Crippen molar-refractivity contribution in [3.63, 3.8) is 0 Å². The number of aromatic nitrogens is 1. The van der Waals surface area contributed by atoms with Crippen molar-refractivity contribution in [3.8, 4) is 17.6 Å². The zero-order chi connectivity index (χ0) is 18.0. The summed E-state index contributed by atoms with van der Waals surface area (Å²) in [5.41, 5.74) is 7.74. The summed E-state index contributed by atoms with van der Waals surface area (Å²) in [6.45, 7) is 2.03. The van der Waals surface area contributed by atoms with Gasteiger partial charge in [-0.25, -0.2) is 0 Å². The topological polar surface area (TPSA) is 101 Å². The number of para-hydroxylation sites is 1. The van der Waals surface area contributed by atoms with E-state index in [-0.39, 0.29) is 17.0 Å². The van der Waals surface area contributed by atoms with Gasteiger partial charge in [0.2, 0.25) is 5.88 Å². The first-order chi connectivity index (χ1) is 12.1. The number of ether oxygens (including phenoxy) is 2. The standard InChI is InChI=1S/C19H19N3O3/c1-3-6-11-9-15-17(19(23)22-11)16(13(10-20)18(21)25-15)12-7-4-5-8-14(12)24-2/h4-5,7-9,16H,3,6,21H2,1-2H3,(H,22,23). The second-order valence-electron chi connectivity index (χ2n) is 5.82. The summed E-state index contributed by atoms with van der Waals surface area (Å²) in [5, 5.41) is 9.59. The van der Waals surface area contributed by atoms with Crippen LogP contribution in [0.2, 0.25) is 0 Å². The number of rotatable bonds is 4. The van der Waals surface area contributed by atoms with E-state index in [2.05, 4.69) is 11.1 Å². The molecule has 0 aliphatic carbocycles. The molecule has 0 amide bonds. The van der Waals surface area contributed by atoms with Gasteiger partial charge in [0.1, 0.15) is 23.1 Å². The van der Waals surface area contributed by atoms with Crippen molar-refractivity contribution >= 4 is 0 Å². The number of nitriles is 1. The molecule has 0 radical (unpaired) electrons. The Labute approximate surface area is 145 Å². The van der Waals surface area contributed by atoms with Gasteiger partial charge in [-0.1, -0.05) is 31.5 Å². The van der Waals surface area contributed by atoms with Gasteiger partial charge < -0.3 is 20.2 Å². The molecule has 2 aromatic rings. The van der Waals surface area contributed by atoms with Crippen LogP contribution in [-0.2, 0) is 6.42 Å². The Hall–Kier alpha value is -3.20. The molecule has 0 saturated carbocycles. The van der Waals surface area contributed by atoms with E-state index in [0.29, 0.717) is 22.6 Å². The van der Waals surface area contributed by atoms with E-state index in [4.69, 9.17) is 15.2 Å². The number of nitrogens with one attached hydrogen (secondary N) is 1. The molecule has 0 fully saturated rings. The summed E-state index contributed by atoms with van der Waals surface area (Å²) >= 11 is 0. The molecule has 6 nitrogen and oxygen atoms in total. The van der Waals surface area contributed by atoms with Gasteiger partial charge in [-0.05, 0) is 12.5 Å². The van der Waals surface area contributed by atoms with Crippen LogP contribution in [-0.4, -0.2) is 12.1 Å².